The van der Waals surface area contributed by atoms with E-state index < -0.39 is 16.5 Å². The lowest BCUT2D eigenvalue weighted by Crippen LogP contribution is -2.10. The summed E-state index contributed by atoms with van der Waals surface area (Å²) in [5.41, 5.74) is 1.34. The molecule has 0 bridgehead atoms. The van der Waals surface area contributed by atoms with E-state index in [0.717, 1.165) is 5.88 Å². The third-order valence-electron chi connectivity index (χ3n) is 1.36. The van der Waals surface area contributed by atoms with E-state index >= 15 is 0 Å². The second kappa shape index (κ2) is 8.54. The molecule has 100 valence electrons. The fraction of sp³-hybridized carbons (Fsp3) is 0.444. The molecule has 0 aliphatic heterocycles. The predicted molar refractivity (Wildman–Crippen MR) is 68.3 cm³/mol. The van der Waals surface area contributed by atoms with Crippen LogP contribution in [-0.2, 0) is 10.5 Å². The van der Waals surface area contributed by atoms with Gasteiger partial charge in [0.05, 0.1) is 0 Å². The van der Waals surface area contributed by atoms with E-state index in [1.165, 1.54) is 0 Å². The Bertz CT molecular complexity index is 516. The molecule has 0 aliphatic carbocycles. The van der Waals surface area contributed by atoms with Crippen LogP contribution in [0.3, 0.4) is 0 Å². The number of aromatic nitrogens is 2. The molecule has 0 saturated heterocycles. The van der Waals surface area contributed by atoms with E-state index in [1.54, 1.807) is 19.9 Å². The highest BCUT2D eigenvalue weighted by Gasteiger charge is 2.04. The molecule has 7 nitrogen and oxygen atoms in total. The van der Waals surface area contributed by atoms with Gasteiger partial charge in [-0.2, -0.15) is 8.42 Å². The molecule has 1 N–H and O–H groups in total. The van der Waals surface area contributed by atoms with E-state index in [4.69, 9.17) is 11.6 Å². The second-order valence-electron chi connectivity index (χ2n) is 2.98. The number of amides is 2. The number of halogens is 1. The van der Waals surface area contributed by atoms with Crippen LogP contribution in [0.25, 0.3) is 0 Å². The summed E-state index contributed by atoms with van der Waals surface area (Å²) in [4.78, 5) is 18.6. The van der Waals surface area contributed by atoms with Gasteiger partial charge in [-0.1, -0.05) is 11.3 Å². The lowest BCUT2D eigenvalue weighted by Gasteiger charge is -2.01. The highest BCUT2D eigenvalue weighted by molar-refractivity contribution is 7.62. The number of hydrogen-bond donors (Lipinski definition) is 1. The number of nitrogens with zero attached hydrogens (tertiary/aromatic N) is 3. The Morgan fingerprint density at radius 3 is 2.22 bits per heavy atom. The zero-order valence-corrected chi connectivity index (χ0v) is 11.7. The van der Waals surface area contributed by atoms with Crippen LogP contribution in [0.4, 0.5) is 10.7 Å². The molecule has 1 rings (SSSR count). The van der Waals surface area contributed by atoms with Crippen molar-refractivity contribution in [3.05, 3.63) is 17.5 Å². The Balaban J connectivity index is 0.000000873. The van der Waals surface area contributed by atoms with Crippen molar-refractivity contribution in [2.75, 3.05) is 11.2 Å². The summed E-state index contributed by atoms with van der Waals surface area (Å²) in [6, 6.07) is 0.701. The van der Waals surface area contributed by atoms with E-state index in [0.29, 0.717) is 11.4 Å². The molecule has 9 heteroatoms. The molecule has 2 amide bonds. The minimum absolute atomic E-state index is 0.0340. The Morgan fingerprint density at radius 2 is 1.83 bits per heavy atom. The molecule has 0 radical (unpaired) electrons. The summed E-state index contributed by atoms with van der Waals surface area (Å²) in [5.74, 6) is 0.756. The van der Waals surface area contributed by atoms with Crippen LogP contribution in [0.5, 0.6) is 0 Å². The number of carbonyl (C=O) groups is 1. The first-order valence-electron chi connectivity index (χ1n) is 4.89. The van der Waals surface area contributed by atoms with Gasteiger partial charge >= 0.3 is 16.5 Å². The molecule has 1 heterocycles. The van der Waals surface area contributed by atoms with Crippen molar-refractivity contribution in [2.24, 2.45) is 4.36 Å². The Kier molecular flexibility index (Phi) is 7.81. The molecule has 18 heavy (non-hydrogen) atoms. The van der Waals surface area contributed by atoms with Crippen LogP contribution in [0, 0.1) is 13.8 Å². The average molecular weight is 293 g/mol. The summed E-state index contributed by atoms with van der Waals surface area (Å²) in [6.45, 7) is 5.35. The van der Waals surface area contributed by atoms with Crippen LogP contribution >= 0.6 is 11.6 Å². The van der Waals surface area contributed by atoms with Crippen LogP contribution in [-0.4, -0.2) is 30.3 Å². The van der Waals surface area contributed by atoms with Crippen LogP contribution in [0.15, 0.2) is 10.4 Å². The first kappa shape index (κ1) is 16.5. The molecule has 0 aliphatic rings. The number of carbonyl (C=O) groups excluding carboxylic acids is 1. The van der Waals surface area contributed by atoms with E-state index in [9.17, 15) is 13.2 Å². The van der Waals surface area contributed by atoms with Gasteiger partial charge in [-0.25, -0.2) is 14.8 Å². The van der Waals surface area contributed by atoms with Gasteiger partial charge in [0.2, 0.25) is 5.95 Å². The average Bonchev–Trinajstić information content (AvgIpc) is 2.14. The molecular weight excluding hydrogens is 280 g/mol. The summed E-state index contributed by atoms with van der Waals surface area (Å²) < 4.78 is 22.8. The third-order valence-corrected chi connectivity index (χ3v) is 1.67. The molecule has 1 aromatic heterocycles. The van der Waals surface area contributed by atoms with Gasteiger partial charge in [0.1, 0.15) is 0 Å². The van der Waals surface area contributed by atoms with Crippen molar-refractivity contribution < 1.29 is 13.2 Å². The molecule has 0 aromatic carbocycles. The summed E-state index contributed by atoms with van der Waals surface area (Å²) in [5, 5.41) is 2.13. The summed E-state index contributed by atoms with van der Waals surface area (Å²) >= 11 is 5.00. The number of alkyl halides is 1. The monoisotopic (exact) mass is 292 g/mol. The maximum Gasteiger partial charge on any atom is 0.362 e. The number of nitrogens with one attached hydrogen (secondary N) is 1. The van der Waals surface area contributed by atoms with Crippen LogP contribution < -0.4 is 5.32 Å². The van der Waals surface area contributed by atoms with Gasteiger partial charge in [0.15, 0.2) is 0 Å². The van der Waals surface area contributed by atoms with Crippen LogP contribution in [0.1, 0.15) is 18.3 Å². The van der Waals surface area contributed by atoms with Crippen molar-refractivity contribution in [2.45, 2.75) is 20.8 Å². The highest BCUT2D eigenvalue weighted by Crippen LogP contribution is 2.03. The predicted octanol–water partition coefficient (Wildman–Crippen LogP) is 1.93. The largest absolute Gasteiger partial charge is 0.362 e. The molecule has 0 atom stereocenters. The molecular formula is C9H13ClN4O3S. The van der Waals surface area contributed by atoms with Gasteiger partial charge in [-0.15, -0.1) is 11.6 Å². The Labute approximate surface area is 111 Å². The van der Waals surface area contributed by atoms with Gasteiger partial charge in [-0.3, -0.25) is 5.32 Å². The minimum atomic E-state index is -2.77. The van der Waals surface area contributed by atoms with Crippen LogP contribution in [0.2, 0.25) is 0 Å². The van der Waals surface area contributed by atoms with Crippen molar-refractivity contribution in [1.82, 2.24) is 9.97 Å². The van der Waals surface area contributed by atoms with Crippen molar-refractivity contribution >= 4 is 34.1 Å². The number of urea groups is 1. The molecule has 0 fully saturated rings. The van der Waals surface area contributed by atoms with Crippen molar-refractivity contribution in [3.8, 4) is 0 Å². The van der Waals surface area contributed by atoms with Gasteiger partial charge in [0.25, 0.3) is 0 Å². The third kappa shape index (κ3) is 7.69. The fourth-order valence-corrected chi connectivity index (χ4v) is 1.15. The lowest BCUT2D eigenvalue weighted by atomic mass is 10.4. The van der Waals surface area contributed by atoms with Gasteiger partial charge in [-0.05, 0) is 19.9 Å². The van der Waals surface area contributed by atoms with Crippen molar-refractivity contribution in [1.29, 1.82) is 0 Å². The van der Waals surface area contributed by atoms with E-state index in [2.05, 4.69) is 19.6 Å². The normalized spacial score (nSPS) is 8.89. The van der Waals surface area contributed by atoms with E-state index in [1.807, 2.05) is 6.92 Å². The number of rotatable bonds is 1. The smallest absolute Gasteiger partial charge is 0.273 e. The first-order chi connectivity index (χ1) is 8.38. The van der Waals surface area contributed by atoms with Crippen molar-refractivity contribution in [3.63, 3.8) is 0 Å². The molecule has 0 unspecified atom stereocenters. The van der Waals surface area contributed by atoms with Gasteiger partial charge in [0, 0.05) is 17.3 Å². The Hall–Kier alpha value is -1.54. The first-order valence-corrected chi connectivity index (χ1v) is 6.46. The molecule has 0 spiro atoms. The molecule has 1 aromatic rings. The molecule has 0 saturated carbocycles. The standard InChI is InChI=1S/C7H8N4O3S.C2H5Cl/c1-4-3-5(2)9-6(8-4)10-7(12)11-15(13)14;1-2-3/h3H,1-2H3,(H,8,9,10,12);2H2,1H3. The summed E-state index contributed by atoms with van der Waals surface area (Å²) in [7, 11) is -2.77. The second-order valence-corrected chi connectivity index (χ2v) is 4.13. The number of aryl methyl sites for hydroxylation is 2. The minimum Gasteiger partial charge on any atom is -0.273 e. The fourth-order valence-electron chi connectivity index (χ4n) is 0.968. The SMILES string of the molecule is CCCl.Cc1cc(C)nc(NC(=O)N=S(=O)=O)n1. The highest BCUT2D eigenvalue weighted by atomic mass is 35.5. The lowest BCUT2D eigenvalue weighted by molar-refractivity contribution is 0.259. The summed E-state index contributed by atoms with van der Waals surface area (Å²) in [6.07, 6.45) is 0. The van der Waals surface area contributed by atoms with E-state index in [-0.39, 0.29) is 5.95 Å². The number of anilines is 1. The quantitative estimate of drug-likeness (QED) is 0.797. The maximum absolute atomic E-state index is 10.9. The Morgan fingerprint density at radius 1 is 1.39 bits per heavy atom. The topological polar surface area (TPSA) is 101 Å². The van der Waals surface area contributed by atoms with Gasteiger partial charge < -0.3 is 0 Å². The number of hydrogen-bond acceptors (Lipinski definition) is 5. The zero-order valence-electron chi connectivity index (χ0n) is 10.1. The zero-order chi connectivity index (χ0) is 14.1. The maximum atomic E-state index is 10.9.